The number of ether oxygens (including phenoxy) is 3. The van der Waals surface area contributed by atoms with E-state index in [1.165, 1.54) is 0 Å². The SMILES string of the molecule is CCCC/C(N)=C(/C(=O)OCC)c1c(OC)cccc1OC. The van der Waals surface area contributed by atoms with Gasteiger partial charge in [0.2, 0.25) is 0 Å². The predicted molar refractivity (Wildman–Crippen MR) is 86.8 cm³/mol. The van der Waals surface area contributed by atoms with E-state index in [2.05, 4.69) is 6.92 Å². The molecule has 0 aromatic heterocycles. The molecule has 0 amide bonds. The van der Waals surface area contributed by atoms with Crippen LogP contribution in [0.5, 0.6) is 11.5 Å². The average molecular weight is 307 g/mol. The molecule has 0 spiro atoms. The third-order valence-electron chi connectivity index (χ3n) is 3.28. The van der Waals surface area contributed by atoms with E-state index >= 15 is 0 Å². The van der Waals surface area contributed by atoms with Gasteiger partial charge in [-0.15, -0.1) is 0 Å². The molecule has 1 aromatic carbocycles. The number of methoxy groups -OCH3 is 2. The zero-order valence-corrected chi connectivity index (χ0v) is 13.8. The van der Waals surface area contributed by atoms with Crippen LogP contribution < -0.4 is 15.2 Å². The van der Waals surface area contributed by atoms with Crippen LogP contribution in [0, 0.1) is 0 Å². The van der Waals surface area contributed by atoms with Gasteiger partial charge in [0, 0.05) is 5.70 Å². The summed E-state index contributed by atoms with van der Waals surface area (Å²) in [6, 6.07) is 5.33. The second kappa shape index (κ2) is 8.97. The molecule has 0 unspecified atom stereocenters. The van der Waals surface area contributed by atoms with E-state index in [1.807, 2.05) is 0 Å². The standard InChI is InChI=1S/C17H25NO4/c1-5-7-9-12(18)15(17(19)22-6-2)16-13(20-3)10-8-11-14(16)21-4/h8,10-11H,5-7,9,18H2,1-4H3/b15-12-. The van der Waals surface area contributed by atoms with Crippen molar-refractivity contribution in [1.82, 2.24) is 0 Å². The molecule has 22 heavy (non-hydrogen) atoms. The van der Waals surface area contributed by atoms with Gasteiger partial charge < -0.3 is 19.9 Å². The van der Waals surface area contributed by atoms with Gasteiger partial charge in [0.15, 0.2) is 0 Å². The first kappa shape index (κ1) is 17.9. The summed E-state index contributed by atoms with van der Waals surface area (Å²) >= 11 is 0. The summed E-state index contributed by atoms with van der Waals surface area (Å²) in [5, 5.41) is 0. The van der Waals surface area contributed by atoms with Crippen LogP contribution in [0.15, 0.2) is 23.9 Å². The Hall–Kier alpha value is -2.17. The number of hydrogen-bond acceptors (Lipinski definition) is 5. The molecule has 0 aliphatic rings. The lowest BCUT2D eigenvalue weighted by Crippen LogP contribution is -2.15. The number of nitrogens with two attached hydrogens (primary N) is 1. The van der Waals surface area contributed by atoms with E-state index in [0.717, 1.165) is 12.8 Å². The molecule has 0 saturated heterocycles. The van der Waals surface area contributed by atoms with Crippen molar-refractivity contribution in [2.24, 2.45) is 5.73 Å². The topological polar surface area (TPSA) is 70.8 Å². The van der Waals surface area contributed by atoms with Gasteiger partial charge in [-0.1, -0.05) is 19.4 Å². The molecule has 0 saturated carbocycles. The Morgan fingerprint density at radius 3 is 2.18 bits per heavy atom. The van der Waals surface area contributed by atoms with Crippen molar-refractivity contribution in [1.29, 1.82) is 0 Å². The van der Waals surface area contributed by atoms with Crippen LogP contribution >= 0.6 is 0 Å². The first-order chi connectivity index (χ1) is 10.6. The van der Waals surface area contributed by atoms with E-state index < -0.39 is 5.97 Å². The minimum absolute atomic E-state index is 0.279. The van der Waals surface area contributed by atoms with Gasteiger partial charge in [-0.25, -0.2) is 4.79 Å². The van der Waals surface area contributed by atoms with Crippen LogP contribution in [-0.2, 0) is 9.53 Å². The summed E-state index contributed by atoms with van der Waals surface area (Å²) in [6.45, 7) is 4.11. The van der Waals surface area contributed by atoms with E-state index in [4.69, 9.17) is 19.9 Å². The van der Waals surface area contributed by atoms with Crippen molar-refractivity contribution in [3.8, 4) is 11.5 Å². The number of rotatable bonds is 8. The molecule has 5 nitrogen and oxygen atoms in total. The Labute approximate surface area is 132 Å². The second-order valence-corrected chi connectivity index (χ2v) is 4.76. The maximum atomic E-state index is 12.4. The fraction of sp³-hybridized carbons (Fsp3) is 0.471. The molecule has 0 fully saturated rings. The third-order valence-corrected chi connectivity index (χ3v) is 3.28. The van der Waals surface area contributed by atoms with Crippen LogP contribution in [0.1, 0.15) is 38.7 Å². The number of esters is 1. The van der Waals surface area contributed by atoms with Gasteiger partial charge >= 0.3 is 5.97 Å². The molecule has 0 aliphatic heterocycles. The molecule has 0 radical (unpaired) electrons. The number of allylic oxidation sites excluding steroid dienone is 1. The maximum absolute atomic E-state index is 12.4. The normalized spacial score (nSPS) is 11.6. The van der Waals surface area contributed by atoms with Crippen LogP contribution in [0.3, 0.4) is 0 Å². The van der Waals surface area contributed by atoms with Crippen molar-refractivity contribution in [2.75, 3.05) is 20.8 Å². The van der Waals surface area contributed by atoms with Gasteiger partial charge in [0.1, 0.15) is 11.5 Å². The Balaban J connectivity index is 3.48. The van der Waals surface area contributed by atoms with E-state index in [-0.39, 0.29) is 6.61 Å². The lowest BCUT2D eigenvalue weighted by molar-refractivity contribution is -0.136. The number of unbranched alkanes of at least 4 members (excludes halogenated alkanes) is 1. The minimum atomic E-state index is -0.459. The first-order valence-corrected chi connectivity index (χ1v) is 7.47. The van der Waals surface area contributed by atoms with Crippen LogP contribution in [0.4, 0.5) is 0 Å². The largest absolute Gasteiger partial charge is 0.496 e. The quantitative estimate of drug-likeness (QED) is 0.590. The van der Waals surface area contributed by atoms with Crippen molar-refractivity contribution in [3.05, 3.63) is 29.5 Å². The highest BCUT2D eigenvalue weighted by molar-refractivity contribution is 6.19. The zero-order valence-electron chi connectivity index (χ0n) is 13.8. The van der Waals surface area contributed by atoms with Crippen molar-refractivity contribution in [3.63, 3.8) is 0 Å². The highest BCUT2D eigenvalue weighted by Gasteiger charge is 2.24. The fourth-order valence-electron chi connectivity index (χ4n) is 2.19. The Bertz CT molecular complexity index is 515. The molecule has 0 aliphatic carbocycles. The van der Waals surface area contributed by atoms with Crippen LogP contribution in [0.2, 0.25) is 0 Å². The van der Waals surface area contributed by atoms with Gasteiger partial charge in [-0.05, 0) is 31.9 Å². The molecule has 122 valence electrons. The Morgan fingerprint density at radius 1 is 1.14 bits per heavy atom. The van der Waals surface area contributed by atoms with Crippen LogP contribution in [0.25, 0.3) is 5.57 Å². The first-order valence-electron chi connectivity index (χ1n) is 7.47. The Morgan fingerprint density at radius 2 is 1.73 bits per heavy atom. The lowest BCUT2D eigenvalue weighted by atomic mass is 9.99. The number of hydrogen-bond donors (Lipinski definition) is 1. The summed E-state index contributed by atoms with van der Waals surface area (Å²) < 4.78 is 15.9. The number of benzene rings is 1. The second-order valence-electron chi connectivity index (χ2n) is 4.76. The van der Waals surface area contributed by atoms with E-state index in [0.29, 0.717) is 34.8 Å². The van der Waals surface area contributed by atoms with E-state index in [1.54, 1.807) is 39.3 Å². The monoisotopic (exact) mass is 307 g/mol. The molecule has 1 aromatic rings. The van der Waals surface area contributed by atoms with E-state index in [9.17, 15) is 4.79 Å². The molecule has 5 heteroatoms. The highest BCUT2D eigenvalue weighted by atomic mass is 16.5. The van der Waals surface area contributed by atoms with Gasteiger partial charge in [0.05, 0.1) is 32.0 Å². The average Bonchev–Trinajstić information content (AvgIpc) is 2.53. The van der Waals surface area contributed by atoms with Crippen molar-refractivity contribution in [2.45, 2.75) is 33.1 Å². The maximum Gasteiger partial charge on any atom is 0.340 e. The van der Waals surface area contributed by atoms with Gasteiger partial charge in [0.25, 0.3) is 0 Å². The summed E-state index contributed by atoms with van der Waals surface area (Å²) in [5.74, 6) is 0.600. The van der Waals surface area contributed by atoms with Gasteiger partial charge in [-0.2, -0.15) is 0 Å². The third kappa shape index (κ3) is 4.16. The summed E-state index contributed by atoms with van der Waals surface area (Å²) in [4.78, 5) is 12.4. The smallest absolute Gasteiger partial charge is 0.340 e. The summed E-state index contributed by atoms with van der Waals surface area (Å²) in [5.41, 5.74) is 7.54. The molecule has 2 N–H and O–H groups in total. The minimum Gasteiger partial charge on any atom is -0.496 e. The predicted octanol–water partition coefficient (Wildman–Crippen LogP) is 3.13. The van der Waals surface area contributed by atoms with Crippen molar-refractivity contribution >= 4 is 11.5 Å². The summed E-state index contributed by atoms with van der Waals surface area (Å²) in [6.07, 6.45) is 2.50. The fourth-order valence-corrected chi connectivity index (χ4v) is 2.19. The van der Waals surface area contributed by atoms with Gasteiger partial charge in [-0.3, -0.25) is 0 Å². The number of carbonyl (C=O) groups excluding carboxylic acids is 1. The molecule has 1 rings (SSSR count). The highest BCUT2D eigenvalue weighted by Crippen LogP contribution is 2.37. The van der Waals surface area contributed by atoms with Crippen molar-refractivity contribution < 1.29 is 19.0 Å². The van der Waals surface area contributed by atoms with Crippen LogP contribution in [-0.4, -0.2) is 26.8 Å². The molecule has 0 bridgehead atoms. The zero-order chi connectivity index (χ0) is 16.5. The molecular weight excluding hydrogens is 282 g/mol. The lowest BCUT2D eigenvalue weighted by Gasteiger charge is -2.17. The Kier molecular flexibility index (Phi) is 7.29. The molecular formula is C17H25NO4. The molecule has 0 heterocycles. The number of carbonyl (C=O) groups is 1. The molecule has 0 atom stereocenters. The summed E-state index contributed by atoms with van der Waals surface area (Å²) in [7, 11) is 3.09.